The zero-order valence-electron chi connectivity index (χ0n) is 10.5. The van der Waals surface area contributed by atoms with E-state index in [1.165, 1.54) is 12.1 Å². The van der Waals surface area contributed by atoms with E-state index in [0.29, 0.717) is 12.1 Å². The molecule has 1 aliphatic heterocycles. The summed E-state index contributed by atoms with van der Waals surface area (Å²) in [5.41, 5.74) is 1.44. The maximum atomic E-state index is 11.4. The summed E-state index contributed by atoms with van der Waals surface area (Å²) in [6, 6.07) is 3.83. The van der Waals surface area contributed by atoms with Crippen LogP contribution in [0.1, 0.15) is 17.9 Å². The number of nitrogens with one attached hydrogen (secondary N) is 1. The Morgan fingerprint density at radius 1 is 1.40 bits per heavy atom. The van der Waals surface area contributed by atoms with Crippen LogP contribution in [-0.2, 0) is 14.8 Å². The molecular formula is C13H14N2O4S. The van der Waals surface area contributed by atoms with Gasteiger partial charge in [-0.05, 0) is 30.2 Å². The third-order valence-electron chi connectivity index (χ3n) is 3.93. The zero-order chi connectivity index (χ0) is 14.5. The van der Waals surface area contributed by atoms with Crippen molar-refractivity contribution in [2.45, 2.75) is 23.3 Å². The molecule has 1 aromatic rings. The second-order valence-electron chi connectivity index (χ2n) is 5.11. The van der Waals surface area contributed by atoms with E-state index in [1.54, 1.807) is 6.07 Å². The third-order valence-corrected chi connectivity index (χ3v) is 4.84. The molecule has 0 fully saturated rings. The second-order valence-corrected chi connectivity index (χ2v) is 6.67. The molecule has 3 rings (SSSR count). The van der Waals surface area contributed by atoms with Gasteiger partial charge in [-0.15, -0.1) is 0 Å². The van der Waals surface area contributed by atoms with Crippen LogP contribution in [0.25, 0.3) is 0 Å². The zero-order valence-corrected chi connectivity index (χ0v) is 11.3. The molecule has 7 heteroatoms. The normalized spacial score (nSPS) is 27.6. The van der Waals surface area contributed by atoms with Crippen molar-refractivity contribution in [3.05, 3.63) is 35.9 Å². The number of carboxylic acid groups (broad SMARTS) is 1. The lowest BCUT2D eigenvalue weighted by molar-refractivity contribution is -0.139. The Morgan fingerprint density at radius 2 is 2.15 bits per heavy atom. The summed E-state index contributed by atoms with van der Waals surface area (Å²) in [5, 5.41) is 17.4. The fourth-order valence-electron chi connectivity index (χ4n) is 2.99. The van der Waals surface area contributed by atoms with Crippen molar-refractivity contribution >= 4 is 21.7 Å². The summed E-state index contributed by atoms with van der Waals surface area (Å²) < 4.78 is 22.9. The van der Waals surface area contributed by atoms with Crippen molar-refractivity contribution < 1.29 is 18.3 Å². The lowest BCUT2D eigenvalue weighted by Crippen LogP contribution is -2.41. The topological polar surface area (TPSA) is 109 Å². The molecule has 0 spiro atoms. The molecule has 0 unspecified atom stereocenters. The predicted molar refractivity (Wildman–Crippen MR) is 72.8 cm³/mol. The van der Waals surface area contributed by atoms with Gasteiger partial charge in [-0.2, -0.15) is 0 Å². The van der Waals surface area contributed by atoms with Crippen molar-refractivity contribution in [1.82, 2.24) is 0 Å². The van der Waals surface area contributed by atoms with Crippen molar-refractivity contribution in [2.75, 3.05) is 5.32 Å². The lowest BCUT2D eigenvalue weighted by atomic mass is 9.79. The van der Waals surface area contributed by atoms with E-state index in [1.807, 2.05) is 12.2 Å². The van der Waals surface area contributed by atoms with Crippen molar-refractivity contribution in [2.24, 2.45) is 11.1 Å². The van der Waals surface area contributed by atoms with Crippen molar-refractivity contribution in [1.29, 1.82) is 0 Å². The molecular weight excluding hydrogens is 280 g/mol. The molecule has 20 heavy (non-hydrogen) atoms. The van der Waals surface area contributed by atoms with Gasteiger partial charge in [0, 0.05) is 17.5 Å². The van der Waals surface area contributed by atoms with Gasteiger partial charge in [-0.25, -0.2) is 18.4 Å². The quantitative estimate of drug-likeness (QED) is 0.701. The van der Waals surface area contributed by atoms with Gasteiger partial charge < -0.3 is 10.4 Å². The minimum Gasteiger partial charge on any atom is -0.480 e. The van der Waals surface area contributed by atoms with Gasteiger partial charge in [0.1, 0.15) is 6.04 Å². The fourth-order valence-corrected chi connectivity index (χ4v) is 3.54. The first kappa shape index (κ1) is 13.1. The fraction of sp³-hybridized carbons (Fsp3) is 0.308. The summed E-state index contributed by atoms with van der Waals surface area (Å²) in [7, 11) is -3.76. The molecule has 106 valence electrons. The molecule has 0 amide bonds. The number of hydrogen-bond donors (Lipinski definition) is 3. The average Bonchev–Trinajstić information content (AvgIpc) is 2.85. The standard InChI is InChI=1S/C13H14N2O4S/c14-20(18,19)7-4-5-11-10(6-7)8-2-1-3-9(8)12(15-11)13(16)17/h1-2,4-6,8-9,12,15H,3H2,(H,16,17)(H2,14,18,19)/t8-,9+,12+/m0/s1. The highest BCUT2D eigenvalue weighted by molar-refractivity contribution is 7.89. The molecule has 6 nitrogen and oxygen atoms in total. The highest BCUT2D eigenvalue weighted by atomic mass is 32.2. The molecule has 0 radical (unpaired) electrons. The highest BCUT2D eigenvalue weighted by Crippen LogP contribution is 2.45. The van der Waals surface area contributed by atoms with Crippen LogP contribution < -0.4 is 10.5 Å². The molecule has 0 aromatic heterocycles. The van der Waals surface area contributed by atoms with Gasteiger partial charge in [0.25, 0.3) is 0 Å². The molecule has 0 bridgehead atoms. The van der Waals surface area contributed by atoms with E-state index < -0.39 is 22.0 Å². The molecule has 2 aliphatic rings. The van der Waals surface area contributed by atoms with E-state index in [0.717, 1.165) is 5.56 Å². The highest BCUT2D eigenvalue weighted by Gasteiger charge is 2.40. The van der Waals surface area contributed by atoms with Crippen molar-refractivity contribution in [3.8, 4) is 0 Å². The number of anilines is 1. The van der Waals surface area contributed by atoms with Gasteiger partial charge in [-0.1, -0.05) is 12.2 Å². The summed E-state index contributed by atoms with van der Waals surface area (Å²) in [4.78, 5) is 11.4. The molecule has 0 saturated heterocycles. The summed E-state index contributed by atoms with van der Waals surface area (Å²) >= 11 is 0. The number of sulfonamides is 1. The minimum atomic E-state index is -3.76. The minimum absolute atomic E-state index is 0.0471. The maximum Gasteiger partial charge on any atom is 0.326 e. The van der Waals surface area contributed by atoms with Crippen LogP contribution in [0.5, 0.6) is 0 Å². The van der Waals surface area contributed by atoms with Crippen LogP contribution in [0.3, 0.4) is 0 Å². The first-order valence-corrected chi connectivity index (χ1v) is 7.75. The van der Waals surface area contributed by atoms with Crippen LogP contribution in [-0.4, -0.2) is 25.5 Å². The number of primary sulfonamides is 1. The Morgan fingerprint density at radius 3 is 2.80 bits per heavy atom. The molecule has 3 atom stereocenters. The largest absolute Gasteiger partial charge is 0.480 e. The smallest absolute Gasteiger partial charge is 0.326 e. The van der Waals surface area contributed by atoms with Gasteiger partial charge in [0.05, 0.1) is 4.90 Å². The number of carbonyl (C=O) groups is 1. The van der Waals surface area contributed by atoms with Crippen LogP contribution in [0.4, 0.5) is 5.69 Å². The SMILES string of the molecule is NS(=O)(=O)c1ccc2c(c1)[C@H]1C=CC[C@H]1[C@H](C(=O)O)N2. The van der Waals surface area contributed by atoms with E-state index >= 15 is 0 Å². The summed E-state index contributed by atoms with van der Waals surface area (Å²) in [6.45, 7) is 0. The van der Waals surface area contributed by atoms with E-state index in [4.69, 9.17) is 5.14 Å². The average molecular weight is 294 g/mol. The number of carboxylic acids is 1. The molecule has 4 N–H and O–H groups in total. The number of rotatable bonds is 2. The van der Waals surface area contributed by atoms with Gasteiger partial charge in [-0.3, -0.25) is 0 Å². The Labute approximate surface area is 116 Å². The third kappa shape index (κ3) is 1.99. The van der Waals surface area contributed by atoms with Crippen LogP contribution in [0, 0.1) is 5.92 Å². The summed E-state index contributed by atoms with van der Waals surface area (Å²) in [6.07, 6.45) is 4.53. The Balaban J connectivity index is 2.11. The maximum absolute atomic E-state index is 11.4. The molecule has 0 saturated carbocycles. The Hall–Kier alpha value is -1.86. The van der Waals surface area contributed by atoms with Crippen LogP contribution in [0.2, 0.25) is 0 Å². The van der Waals surface area contributed by atoms with E-state index in [2.05, 4.69) is 5.32 Å². The van der Waals surface area contributed by atoms with Gasteiger partial charge in [0.2, 0.25) is 10.0 Å². The van der Waals surface area contributed by atoms with Gasteiger partial charge in [0.15, 0.2) is 0 Å². The Kier molecular flexibility index (Phi) is 2.84. The van der Waals surface area contributed by atoms with E-state index in [9.17, 15) is 18.3 Å². The summed E-state index contributed by atoms with van der Waals surface area (Å²) in [5.74, 6) is -1.09. The first-order chi connectivity index (χ1) is 9.38. The van der Waals surface area contributed by atoms with Gasteiger partial charge >= 0.3 is 5.97 Å². The van der Waals surface area contributed by atoms with Crippen LogP contribution >= 0.6 is 0 Å². The second kappa shape index (κ2) is 4.32. The number of nitrogens with two attached hydrogens (primary N) is 1. The lowest BCUT2D eigenvalue weighted by Gasteiger charge is -2.34. The molecule has 1 aromatic carbocycles. The van der Waals surface area contributed by atoms with Crippen LogP contribution in [0.15, 0.2) is 35.2 Å². The number of fused-ring (bicyclic) bond motifs is 3. The Bertz CT molecular complexity index is 711. The monoisotopic (exact) mass is 294 g/mol. The van der Waals surface area contributed by atoms with E-state index in [-0.39, 0.29) is 16.7 Å². The molecule has 1 aliphatic carbocycles. The predicted octanol–water partition coefficient (Wildman–Crippen LogP) is 0.872. The van der Waals surface area contributed by atoms with Crippen molar-refractivity contribution in [3.63, 3.8) is 0 Å². The molecule has 1 heterocycles. The number of hydrogen-bond acceptors (Lipinski definition) is 4. The number of benzene rings is 1. The number of allylic oxidation sites excluding steroid dienone is 2. The first-order valence-electron chi connectivity index (χ1n) is 6.20. The number of aliphatic carboxylic acids is 1.